The first-order chi connectivity index (χ1) is 16.9. The number of aryl methyl sites for hydroxylation is 1. The molecule has 0 radical (unpaired) electrons. The van der Waals surface area contributed by atoms with Crippen LogP contribution in [0.3, 0.4) is 0 Å². The zero-order valence-corrected chi connectivity index (χ0v) is 21.1. The molecule has 0 spiro atoms. The molecule has 1 amide bonds. The lowest BCUT2D eigenvalue weighted by atomic mass is 9.94. The number of anilines is 1. The Bertz CT molecular complexity index is 1170. The molecular weight excluding hydrogens is 464 g/mol. The molecule has 1 saturated heterocycles. The normalized spacial score (nSPS) is 20.9. The van der Waals surface area contributed by atoms with Gasteiger partial charge in [-0.1, -0.05) is 42.6 Å². The van der Waals surface area contributed by atoms with Crippen molar-refractivity contribution in [3.63, 3.8) is 0 Å². The number of hydrogen-bond donors (Lipinski definition) is 1. The topological polar surface area (TPSA) is 95.8 Å². The minimum Gasteiger partial charge on any atom is -0.354 e. The molecule has 5 rings (SSSR count). The van der Waals surface area contributed by atoms with Gasteiger partial charge < -0.3 is 9.84 Å². The third kappa shape index (κ3) is 5.52. The van der Waals surface area contributed by atoms with Gasteiger partial charge in [0.1, 0.15) is 11.4 Å². The SMILES string of the molecule is Cc1noc(C=Cc2ccc(S(=O)(=O)N3CCN(C4CCCCC4)CC3)cc2)c1NC(=O)C1CC1. The highest BCUT2D eigenvalue weighted by Gasteiger charge is 2.32. The summed E-state index contributed by atoms with van der Waals surface area (Å²) in [4.78, 5) is 14.9. The maximum Gasteiger partial charge on any atom is 0.243 e. The molecular formula is C26H34N4O4S. The molecule has 188 valence electrons. The molecule has 2 saturated carbocycles. The highest BCUT2D eigenvalue weighted by atomic mass is 32.2. The van der Waals surface area contributed by atoms with Crippen molar-refractivity contribution in [3.8, 4) is 0 Å². The second-order valence-electron chi connectivity index (χ2n) is 9.91. The molecule has 9 heteroatoms. The van der Waals surface area contributed by atoms with Crippen molar-refractivity contribution in [1.29, 1.82) is 0 Å². The summed E-state index contributed by atoms with van der Waals surface area (Å²) in [6.07, 6.45) is 11.8. The van der Waals surface area contributed by atoms with E-state index in [2.05, 4.69) is 15.4 Å². The molecule has 8 nitrogen and oxygen atoms in total. The summed E-state index contributed by atoms with van der Waals surface area (Å²) in [7, 11) is -3.51. The predicted octanol–water partition coefficient (Wildman–Crippen LogP) is 4.14. The van der Waals surface area contributed by atoms with Crippen molar-refractivity contribution in [2.45, 2.75) is 62.8 Å². The number of carbonyl (C=O) groups excluding carboxylic acids is 1. The maximum absolute atomic E-state index is 13.2. The minimum atomic E-state index is -3.51. The standard InChI is InChI=1S/C26H34N4O4S/c1-19-25(27-26(31)21-10-11-21)24(34-28-19)14-9-20-7-12-23(13-8-20)35(32,33)30-17-15-29(16-18-30)22-5-3-2-4-6-22/h7-9,12-14,21-22H,2-6,10-11,15-18H2,1H3,(H,27,31). The molecule has 2 heterocycles. The van der Waals surface area contributed by atoms with E-state index in [1.54, 1.807) is 41.6 Å². The summed E-state index contributed by atoms with van der Waals surface area (Å²) in [6.45, 7) is 4.49. The van der Waals surface area contributed by atoms with Crippen molar-refractivity contribution >= 4 is 33.8 Å². The number of rotatable bonds is 7. The molecule has 3 fully saturated rings. The summed E-state index contributed by atoms with van der Waals surface area (Å²) in [5.41, 5.74) is 2.05. The highest BCUT2D eigenvalue weighted by molar-refractivity contribution is 7.89. The van der Waals surface area contributed by atoms with E-state index >= 15 is 0 Å². The molecule has 1 aromatic heterocycles. The number of benzene rings is 1. The minimum absolute atomic E-state index is 0.0000777. The van der Waals surface area contributed by atoms with E-state index in [1.165, 1.54) is 32.1 Å². The second kappa shape index (κ2) is 10.2. The van der Waals surface area contributed by atoms with Crippen LogP contribution in [0, 0.1) is 12.8 Å². The van der Waals surface area contributed by atoms with Crippen molar-refractivity contribution in [2.24, 2.45) is 5.92 Å². The average Bonchev–Trinajstić information content (AvgIpc) is 3.69. The zero-order chi connectivity index (χ0) is 24.4. The fourth-order valence-electron chi connectivity index (χ4n) is 5.05. The van der Waals surface area contributed by atoms with Crippen LogP contribution in [-0.2, 0) is 14.8 Å². The van der Waals surface area contributed by atoms with Gasteiger partial charge >= 0.3 is 0 Å². The van der Waals surface area contributed by atoms with E-state index < -0.39 is 10.0 Å². The molecule has 0 unspecified atom stereocenters. The molecule has 2 aliphatic carbocycles. The predicted molar refractivity (Wildman–Crippen MR) is 135 cm³/mol. The van der Waals surface area contributed by atoms with Crippen molar-refractivity contribution in [2.75, 3.05) is 31.5 Å². The highest BCUT2D eigenvalue weighted by Crippen LogP contribution is 2.32. The Balaban J connectivity index is 1.21. The van der Waals surface area contributed by atoms with Gasteiger partial charge in [-0.15, -0.1) is 0 Å². The van der Waals surface area contributed by atoms with Crippen LogP contribution < -0.4 is 5.32 Å². The zero-order valence-electron chi connectivity index (χ0n) is 20.3. The number of sulfonamides is 1. The van der Waals surface area contributed by atoms with Crippen LogP contribution in [0.5, 0.6) is 0 Å². The fourth-order valence-corrected chi connectivity index (χ4v) is 6.47. The number of amides is 1. The van der Waals surface area contributed by atoms with Gasteiger partial charge in [0.15, 0.2) is 5.76 Å². The lowest BCUT2D eigenvalue weighted by Crippen LogP contribution is -2.52. The fraction of sp³-hybridized carbons (Fsp3) is 0.538. The third-order valence-corrected chi connectivity index (χ3v) is 9.31. The van der Waals surface area contributed by atoms with E-state index in [-0.39, 0.29) is 11.8 Å². The van der Waals surface area contributed by atoms with Gasteiger partial charge in [-0.05, 0) is 56.4 Å². The lowest BCUT2D eigenvalue weighted by Gasteiger charge is -2.40. The Morgan fingerprint density at radius 2 is 1.69 bits per heavy atom. The average molecular weight is 499 g/mol. The first kappa shape index (κ1) is 24.2. The van der Waals surface area contributed by atoms with E-state index in [4.69, 9.17) is 4.52 Å². The Morgan fingerprint density at radius 1 is 1.00 bits per heavy atom. The van der Waals surface area contributed by atoms with Crippen LogP contribution >= 0.6 is 0 Å². The summed E-state index contributed by atoms with van der Waals surface area (Å²) >= 11 is 0. The number of piperazine rings is 1. The molecule has 0 atom stereocenters. The van der Waals surface area contributed by atoms with Gasteiger partial charge in [0.25, 0.3) is 0 Å². The molecule has 3 aliphatic rings. The summed E-state index contributed by atoms with van der Waals surface area (Å²) < 4.78 is 33.4. The lowest BCUT2D eigenvalue weighted by molar-refractivity contribution is -0.117. The molecule has 35 heavy (non-hydrogen) atoms. The largest absolute Gasteiger partial charge is 0.354 e. The van der Waals surface area contributed by atoms with Crippen LogP contribution in [-0.4, -0.2) is 60.9 Å². The second-order valence-corrected chi connectivity index (χ2v) is 11.8. The Hall–Kier alpha value is -2.49. The maximum atomic E-state index is 13.2. The number of nitrogens with one attached hydrogen (secondary N) is 1. The third-order valence-electron chi connectivity index (χ3n) is 7.39. The molecule has 0 bridgehead atoms. The van der Waals surface area contributed by atoms with Gasteiger partial charge in [0.05, 0.1) is 4.90 Å². The first-order valence-corrected chi connectivity index (χ1v) is 14.2. The number of carbonyl (C=O) groups is 1. The van der Waals surface area contributed by atoms with Gasteiger partial charge in [0, 0.05) is 38.1 Å². The molecule has 2 aromatic rings. The number of hydrogen-bond acceptors (Lipinski definition) is 6. The van der Waals surface area contributed by atoms with Gasteiger partial charge in [-0.25, -0.2) is 8.42 Å². The van der Waals surface area contributed by atoms with Crippen molar-refractivity contribution < 1.29 is 17.7 Å². The quantitative estimate of drug-likeness (QED) is 0.616. The number of aromatic nitrogens is 1. The van der Waals surface area contributed by atoms with Crippen LogP contribution in [0.25, 0.3) is 12.2 Å². The van der Waals surface area contributed by atoms with Crippen LogP contribution in [0.15, 0.2) is 33.7 Å². The Labute approximate surface area is 207 Å². The summed E-state index contributed by atoms with van der Waals surface area (Å²) in [5.74, 6) is 0.565. The van der Waals surface area contributed by atoms with Crippen LogP contribution in [0.1, 0.15) is 62.0 Å². The van der Waals surface area contributed by atoms with Crippen molar-refractivity contribution in [1.82, 2.24) is 14.4 Å². The Morgan fingerprint density at radius 3 is 2.34 bits per heavy atom. The summed E-state index contributed by atoms with van der Waals surface area (Å²) in [6, 6.07) is 7.50. The molecule has 1 aromatic carbocycles. The van der Waals surface area contributed by atoms with E-state index in [9.17, 15) is 13.2 Å². The first-order valence-electron chi connectivity index (χ1n) is 12.7. The van der Waals surface area contributed by atoms with Gasteiger partial charge in [-0.2, -0.15) is 4.31 Å². The van der Waals surface area contributed by atoms with Crippen LogP contribution in [0.4, 0.5) is 5.69 Å². The molecule has 1 N–H and O–H groups in total. The van der Waals surface area contributed by atoms with Crippen LogP contribution in [0.2, 0.25) is 0 Å². The molecule has 1 aliphatic heterocycles. The smallest absolute Gasteiger partial charge is 0.243 e. The van der Waals surface area contributed by atoms with Gasteiger partial charge in [-0.3, -0.25) is 9.69 Å². The van der Waals surface area contributed by atoms with E-state index in [0.29, 0.717) is 41.2 Å². The van der Waals surface area contributed by atoms with E-state index in [0.717, 1.165) is 31.5 Å². The van der Waals surface area contributed by atoms with E-state index in [1.807, 2.05) is 6.08 Å². The van der Waals surface area contributed by atoms with Crippen molar-refractivity contribution in [3.05, 3.63) is 41.3 Å². The number of nitrogens with zero attached hydrogens (tertiary/aromatic N) is 3. The Kier molecular flexibility index (Phi) is 7.09. The van der Waals surface area contributed by atoms with Gasteiger partial charge in [0.2, 0.25) is 15.9 Å². The monoisotopic (exact) mass is 498 g/mol. The summed E-state index contributed by atoms with van der Waals surface area (Å²) in [5, 5.41) is 6.88.